The molecular weight excluding hydrogens is 204 g/mol. The summed E-state index contributed by atoms with van der Waals surface area (Å²) >= 11 is 0. The number of halogens is 2. The average Bonchev–Trinajstić information content (AvgIpc) is 2.20. The van der Waals surface area contributed by atoms with E-state index in [0.29, 0.717) is 13.1 Å². The maximum Gasteiger partial charge on any atom is 0.387 e. The lowest BCUT2D eigenvalue weighted by Gasteiger charge is -2.06. The van der Waals surface area contributed by atoms with Gasteiger partial charge in [0.1, 0.15) is 5.75 Å². The monoisotopic (exact) mass is 217 g/mol. The molecule has 0 aliphatic carbocycles. The van der Waals surface area contributed by atoms with Gasteiger partial charge in [-0.1, -0.05) is 12.1 Å². The van der Waals surface area contributed by atoms with Crippen molar-refractivity contribution < 1.29 is 18.6 Å². The third-order valence-electron chi connectivity index (χ3n) is 1.77. The molecule has 0 aliphatic rings. The van der Waals surface area contributed by atoms with Gasteiger partial charge in [0.25, 0.3) is 0 Å². The van der Waals surface area contributed by atoms with Crippen molar-refractivity contribution in [2.75, 3.05) is 13.2 Å². The first kappa shape index (κ1) is 11.9. The summed E-state index contributed by atoms with van der Waals surface area (Å²) in [6.45, 7) is -1.61. The lowest BCUT2D eigenvalue weighted by Crippen LogP contribution is -2.17. The summed E-state index contributed by atoms with van der Waals surface area (Å²) in [5.41, 5.74) is 0.949. The molecule has 0 aliphatic heterocycles. The Hall–Kier alpha value is -1.20. The van der Waals surface area contributed by atoms with Gasteiger partial charge in [0.15, 0.2) is 0 Å². The molecule has 0 saturated heterocycles. The molecule has 1 aromatic rings. The van der Waals surface area contributed by atoms with Gasteiger partial charge in [0.05, 0.1) is 6.61 Å². The Bertz CT molecular complexity index is 277. The summed E-state index contributed by atoms with van der Waals surface area (Å²) in [5, 5.41) is 11.5. The molecule has 1 rings (SSSR count). The molecule has 0 heterocycles. The zero-order chi connectivity index (χ0) is 11.1. The Morgan fingerprint density at radius 1 is 1.27 bits per heavy atom. The van der Waals surface area contributed by atoms with E-state index >= 15 is 0 Å². The van der Waals surface area contributed by atoms with Crippen LogP contribution >= 0.6 is 0 Å². The predicted octanol–water partition coefficient (Wildman–Crippen LogP) is 1.37. The fourth-order valence-electron chi connectivity index (χ4n) is 1.10. The topological polar surface area (TPSA) is 41.5 Å². The van der Waals surface area contributed by atoms with Gasteiger partial charge >= 0.3 is 6.61 Å². The quantitative estimate of drug-likeness (QED) is 0.707. The van der Waals surface area contributed by atoms with Gasteiger partial charge in [-0.2, -0.15) is 8.78 Å². The standard InChI is InChI=1S/C10H13F2NO2/c11-10(12)15-9-3-1-8(2-4-9)7-13-5-6-14/h1-4,10,13-14H,5-7H2. The van der Waals surface area contributed by atoms with E-state index in [1.165, 1.54) is 12.1 Å². The number of ether oxygens (including phenoxy) is 1. The number of hydrogen-bond acceptors (Lipinski definition) is 3. The normalized spacial score (nSPS) is 10.7. The largest absolute Gasteiger partial charge is 0.435 e. The van der Waals surface area contributed by atoms with Crippen molar-refractivity contribution in [2.24, 2.45) is 0 Å². The number of hydrogen-bond donors (Lipinski definition) is 2. The van der Waals surface area contributed by atoms with Crippen molar-refractivity contribution in [1.82, 2.24) is 5.32 Å². The lowest BCUT2D eigenvalue weighted by molar-refractivity contribution is -0.0498. The summed E-state index contributed by atoms with van der Waals surface area (Å²) in [7, 11) is 0. The number of rotatable bonds is 6. The molecule has 0 unspecified atom stereocenters. The Labute approximate surface area is 86.7 Å². The minimum atomic E-state index is -2.79. The van der Waals surface area contributed by atoms with Crippen molar-refractivity contribution in [3.05, 3.63) is 29.8 Å². The van der Waals surface area contributed by atoms with Crippen LogP contribution in [0.5, 0.6) is 5.75 Å². The fourth-order valence-corrected chi connectivity index (χ4v) is 1.10. The van der Waals surface area contributed by atoms with Crippen LogP contribution < -0.4 is 10.1 Å². The van der Waals surface area contributed by atoms with Gasteiger partial charge in [0.2, 0.25) is 0 Å². The van der Waals surface area contributed by atoms with Crippen molar-refractivity contribution in [3.63, 3.8) is 0 Å². The van der Waals surface area contributed by atoms with Crippen LogP contribution in [0.3, 0.4) is 0 Å². The van der Waals surface area contributed by atoms with Crippen LogP contribution in [0.4, 0.5) is 8.78 Å². The van der Waals surface area contributed by atoms with E-state index < -0.39 is 6.61 Å². The van der Waals surface area contributed by atoms with Crippen LogP contribution in [0.1, 0.15) is 5.56 Å². The summed E-state index contributed by atoms with van der Waals surface area (Å²) < 4.78 is 27.8. The Balaban J connectivity index is 2.42. The average molecular weight is 217 g/mol. The third-order valence-corrected chi connectivity index (χ3v) is 1.77. The number of aliphatic hydroxyl groups is 1. The minimum absolute atomic E-state index is 0.0760. The van der Waals surface area contributed by atoms with Crippen molar-refractivity contribution in [1.29, 1.82) is 0 Å². The molecule has 2 N–H and O–H groups in total. The molecule has 15 heavy (non-hydrogen) atoms. The SMILES string of the molecule is OCCNCc1ccc(OC(F)F)cc1. The van der Waals surface area contributed by atoms with E-state index in [-0.39, 0.29) is 12.4 Å². The molecule has 5 heteroatoms. The first-order valence-corrected chi connectivity index (χ1v) is 4.57. The highest BCUT2D eigenvalue weighted by Gasteiger charge is 2.03. The van der Waals surface area contributed by atoms with Crippen molar-refractivity contribution >= 4 is 0 Å². The maximum atomic E-state index is 11.8. The second-order valence-corrected chi connectivity index (χ2v) is 2.92. The van der Waals surface area contributed by atoms with Gasteiger partial charge < -0.3 is 15.2 Å². The molecule has 0 spiro atoms. The van der Waals surface area contributed by atoms with E-state index in [2.05, 4.69) is 10.1 Å². The van der Waals surface area contributed by atoms with E-state index in [9.17, 15) is 8.78 Å². The van der Waals surface area contributed by atoms with Gasteiger partial charge in [0, 0.05) is 13.1 Å². The molecule has 0 fully saturated rings. The molecule has 0 saturated carbocycles. The van der Waals surface area contributed by atoms with Crippen LogP contribution in [0, 0.1) is 0 Å². The summed E-state index contributed by atoms with van der Waals surface area (Å²) in [4.78, 5) is 0. The summed E-state index contributed by atoms with van der Waals surface area (Å²) in [5.74, 6) is 0.149. The third kappa shape index (κ3) is 4.71. The first-order chi connectivity index (χ1) is 7.22. The number of nitrogens with one attached hydrogen (secondary N) is 1. The number of alkyl halides is 2. The second-order valence-electron chi connectivity index (χ2n) is 2.92. The maximum absolute atomic E-state index is 11.8. The first-order valence-electron chi connectivity index (χ1n) is 4.57. The molecule has 0 bridgehead atoms. The van der Waals surface area contributed by atoms with E-state index in [1.807, 2.05) is 0 Å². The Morgan fingerprint density at radius 3 is 2.47 bits per heavy atom. The number of aliphatic hydroxyl groups excluding tert-OH is 1. The Kier molecular flexibility index (Phi) is 5.00. The minimum Gasteiger partial charge on any atom is -0.435 e. The van der Waals surface area contributed by atoms with Crippen molar-refractivity contribution in [3.8, 4) is 5.75 Å². The van der Waals surface area contributed by atoms with Crippen LogP contribution in [-0.4, -0.2) is 24.9 Å². The summed E-state index contributed by atoms with van der Waals surface area (Å²) in [6, 6.07) is 6.37. The van der Waals surface area contributed by atoms with Gasteiger partial charge in [-0.15, -0.1) is 0 Å². The molecule has 0 aromatic heterocycles. The molecule has 0 atom stereocenters. The molecular formula is C10H13F2NO2. The lowest BCUT2D eigenvalue weighted by atomic mass is 10.2. The molecule has 0 radical (unpaired) electrons. The highest BCUT2D eigenvalue weighted by Crippen LogP contribution is 2.14. The van der Waals surface area contributed by atoms with Crippen LogP contribution in [0.25, 0.3) is 0 Å². The van der Waals surface area contributed by atoms with Gasteiger partial charge in [-0.3, -0.25) is 0 Å². The predicted molar refractivity (Wildman–Crippen MR) is 51.9 cm³/mol. The van der Waals surface area contributed by atoms with Crippen LogP contribution in [0.15, 0.2) is 24.3 Å². The van der Waals surface area contributed by atoms with E-state index in [4.69, 9.17) is 5.11 Å². The van der Waals surface area contributed by atoms with Gasteiger partial charge in [-0.25, -0.2) is 0 Å². The molecule has 0 amide bonds. The van der Waals surface area contributed by atoms with Crippen molar-refractivity contribution in [2.45, 2.75) is 13.2 Å². The molecule has 1 aromatic carbocycles. The van der Waals surface area contributed by atoms with Crippen LogP contribution in [0.2, 0.25) is 0 Å². The second kappa shape index (κ2) is 6.31. The molecule has 3 nitrogen and oxygen atoms in total. The highest BCUT2D eigenvalue weighted by atomic mass is 19.3. The highest BCUT2D eigenvalue weighted by molar-refractivity contribution is 5.27. The number of benzene rings is 1. The van der Waals surface area contributed by atoms with Crippen LogP contribution in [-0.2, 0) is 6.54 Å². The Morgan fingerprint density at radius 2 is 1.93 bits per heavy atom. The molecule has 84 valence electrons. The fraction of sp³-hybridized carbons (Fsp3) is 0.400. The zero-order valence-electron chi connectivity index (χ0n) is 8.12. The zero-order valence-corrected chi connectivity index (χ0v) is 8.12. The summed E-state index contributed by atoms with van der Waals surface area (Å²) in [6.07, 6.45) is 0. The van der Waals surface area contributed by atoms with E-state index in [0.717, 1.165) is 5.56 Å². The smallest absolute Gasteiger partial charge is 0.387 e. The van der Waals surface area contributed by atoms with Gasteiger partial charge in [-0.05, 0) is 17.7 Å². The van der Waals surface area contributed by atoms with E-state index in [1.54, 1.807) is 12.1 Å².